The number of ketones is 1. The zero-order valence-electron chi connectivity index (χ0n) is 10.2. The van der Waals surface area contributed by atoms with E-state index in [0.717, 1.165) is 11.3 Å². The van der Waals surface area contributed by atoms with Crippen LogP contribution < -0.4 is 0 Å². The summed E-state index contributed by atoms with van der Waals surface area (Å²) in [7, 11) is 0. The summed E-state index contributed by atoms with van der Waals surface area (Å²) in [6, 6.07) is 4.32. The molecule has 0 aliphatic heterocycles. The van der Waals surface area contributed by atoms with E-state index in [1.807, 2.05) is 0 Å². The highest BCUT2D eigenvalue weighted by molar-refractivity contribution is 7.17. The second-order valence-corrected chi connectivity index (χ2v) is 5.07. The van der Waals surface area contributed by atoms with E-state index in [-0.39, 0.29) is 16.4 Å². The number of aromatic carboxylic acids is 1. The number of hydrogen-bond acceptors (Lipinski definition) is 4. The molecule has 0 radical (unpaired) electrons. The van der Waals surface area contributed by atoms with Crippen molar-refractivity contribution in [3.8, 4) is 10.6 Å². The maximum atomic E-state index is 13.3. The molecular formula is C13H10FNO3S. The number of carbonyl (C=O) groups excluding carboxylic acids is 1. The fraction of sp³-hybridized carbons (Fsp3) is 0.154. The maximum Gasteiger partial charge on any atom is 0.356 e. The number of nitrogens with zero attached hydrogens (tertiary/aromatic N) is 1. The molecule has 0 amide bonds. The van der Waals surface area contributed by atoms with Crippen LogP contribution in [0.4, 0.5) is 4.39 Å². The summed E-state index contributed by atoms with van der Waals surface area (Å²) in [4.78, 5) is 26.4. The zero-order chi connectivity index (χ0) is 14.2. The largest absolute Gasteiger partial charge is 0.476 e. The van der Waals surface area contributed by atoms with Gasteiger partial charge in [0, 0.05) is 12.5 Å². The normalized spacial score (nSPS) is 10.5. The van der Waals surface area contributed by atoms with E-state index in [0.29, 0.717) is 16.1 Å². The lowest BCUT2D eigenvalue weighted by atomic mass is 10.1. The van der Waals surface area contributed by atoms with Crippen molar-refractivity contribution in [3.05, 3.63) is 40.2 Å². The molecule has 1 N–H and O–H groups in total. The Morgan fingerprint density at radius 3 is 2.47 bits per heavy atom. The summed E-state index contributed by atoms with van der Waals surface area (Å²) < 4.78 is 13.3. The first-order chi connectivity index (χ1) is 8.88. The van der Waals surface area contributed by atoms with Crippen molar-refractivity contribution in [1.82, 2.24) is 4.98 Å². The van der Waals surface area contributed by atoms with Gasteiger partial charge in [-0.05, 0) is 30.7 Å². The van der Waals surface area contributed by atoms with Crippen LogP contribution in [0.25, 0.3) is 10.6 Å². The number of carboxylic acid groups (broad SMARTS) is 1. The van der Waals surface area contributed by atoms with Crippen LogP contribution in [0.3, 0.4) is 0 Å². The van der Waals surface area contributed by atoms with E-state index >= 15 is 0 Å². The van der Waals surface area contributed by atoms with Crippen molar-refractivity contribution in [2.45, 2.75) is 13.8 Å². The topological polar surface area (TPSA) is 67.3 Å². The van der Waals surface area contributed by atoms with Gasteiger partial charge in [-0.2, -0.15) is 0 Å². The predicted molar refractivity (Wildman–Crippen MR) is 69.2 cm³/mol. The number of benzene rings is 1. The molecular weight excluding hydrogens is 269 g/mol. The Labute approximate surface area is 112 Å². The molecule has 0 aliphatic carbocycles. The van der Waals surface area contributed by atoms with Crippen LogP contribution in [-0.4, -0.2) is 21.8 Å². The lowest BCUT2D eigenvalue weighted by Crippen LogP contribution is -2.03. The second kappa shape index (κ2) is 4.89. The molecule has 0 fully saturated rings. The molecule has 0 bridgehead atoms. The Balaban J connectivity index is 2.60. The third-order valence-electron chi connectivity index (χ3n) is 2.44. The van der Waals surface area contributed by atoms with Gasteiger partial charge >= 0.3 is 5.97 Å². The molecule has 0 saturated carbocycles. The van der Waals surface area contributed by atoms with Gasteiger partial charge in [0.15, 0.2) is 11.5 Å². The third-order valence-corrected chi connectivity index (χ3v) is 3.64. The van der Waals surface area contributed by atoms with E-state index in [9.17, 15) is 14.0 Å². The zero-order valence-corrected chi connectivity index (χ0v) is 11.0. The highest BCUT2D eigenvalue weighted by Gasteiger charge is 2.21. The lowest BCUT2D eigenvalue weighted by molar-refractivity contribution is 0.0687. The summed E-state index contributed by atoms with van der Waals surface area (Å²) in [5.41, 5.74) is 0.887. The Morgan fingerprint density at radius 2 is 2.00 bits per heavy atom. The smallest absolute Gasteiger partial charge is 0.356 e. The Kier molecular flexibility index (Phi) is 3.44. The quantitative estimate of drug-likeness (QED) is 0.876. The molecule has 0 atom stereocenters. The molecule has 19 heavy (non-hydrogen) atoms. The molecule has 1 aromatic carbocycles. The molecule has 1 heterocycles. The molecule has 0 saturated heterocycles. The highest BCUT2D eigenvalue weighted by atomic mass is 32.1. The Morgan fingerprint density at radius 1 is 1.32 bits per heavy atom. The van der Waals surface area contributed by atoms with Crippen LogP contribution in [0.1, 0.15) is 32.6 Å². The number of rotatable bonds is 3. The highest BCUT2D eigenvalue weighted by Crippen LogP contribution is 2.29. The fourth-order valence-electron chi connectivity index (χ4n) is 1.69. The standard InChI is InChI=1S/C13H10FNO3S/c1-6-3-8(5-9(14)4-6)12-15-10(13(17)18)11(19-12)7(2)16/h3-5H,1-2H3,(H,17,18). The number of Topliss-reactive ketones (excluding diaryl/α,β-unsaturated/α-hetero) is 1. The van der Waals surface area contributed by atoms with Crippen LogP contribution in [0.2, 0.25) is 0 Å². The summed E-state index contributed by atoms with van der Waals surface area (Å²) in [6.45, 7) is 3.00. The van der Waals surface area contributed by atoms with E-state index in [4.69, 9.17) is 5.11 Å². The van der Waals surface area contributed by atoms with Gasteiger partial charge in [-0.15, -0.1) is 11.3 Å². The van der Waals surface area contributed by atoms with Crippen molar-refractivity contribution < 1.29 is 19.1 Å². The molecule has 0 unspecified atom stereocenters. The molecule has 98 valence electrons. The molecule has 2 rings (SSSR count). The first-order valence-corrected chi connectivity index (χ1v) is 6.22. The number of halogens is 1. The SMILES string of the molecule is CC(=O)c1sc(-c2cc(C)cc(F)c2)nc1C(=O)O. The van der Waals surface area contributed by atoms with Gasteiger partial charge in [-0.1, -0.05) is 0 Å². The Hall–Kier alpha value is -2.08. The lowest BCUT2D eigenvalue weighted by Gasteiger charge is -1.98. The van der Waals surface area contributed by atoms with Crippen LogP contribution >= 0.6 is 11.3 Å². The van der Waals surface area contributed by atoms with Gasteiger partial charge in [-0.25, -0.2) is 14.2 Å². The van der Waals surface area contributed by atoms with Gasteiger partial charge in [-0.3, -0.25) is 4.79 Å². The van der Waals surface area contributed by atoms with Crippen molar-refractivity contribution in [1.29, 1.82) is 0 Å². The molecule has 6 heteroatoms. The van der Waals surface area contributed by atoms with Crippen LogP contribution in [-0.2, 0) is 0 Å². The fourth-order valence-corrected chi connectivity index (χ4v) is 2.63. The average Bonchev–Trinajstić information content (AvgIpc) is 2.72. The van der Waals surface area contributed by atoms with Crippen molar-refractivity contribution in [2.24, 2.45) is 0 Å². The number of aryl methyl sites for hydroxylation is 1. The number of carboxylic acids is 1. The Bertz CT molecular complexity index is 627. The number of aromatic nitrogens is 1. The molecule has 0 aliphatic rings. The van der Waals surface area contributed by atoms with E-state index in [1.165, 1.54) is 19.1 Å². The maximum absolute atomic E-state index is 13.3. The predicted octanol–water partition coefficient (Wildman–Crippen LogP) is 3.16. The van der Waals surface area contributed by atoms with Gasteiger partial charge in [0.05, 0.1) is 0 Å². The van der Waals surface area contributed by atoms with Gasteiger partial charge in [0.1, 0.15) is 15.7 Å². The van der Waals surface area contributed by atoms with E-state index in [2.05, 4.69) is 4.98 Å². The minimum Gasteiger partial charge on any atom is -0.476 e. The molecule has 0 spiro atoms. The van der Waals surface area contributed by atoms with Crippen molar-refractivity contribution in [3.63, 3.8) is 0 Å². The van der Waals surface area contributed by atoms with Crippen molar-refractivity contribution in [2.75, 3.05) is 0 Å². The minimum atomic E-state index is -1.26. The van der Waals surface area contributed by atoms with Crippen LogP contribution in [0, 0.1) is 12.7 Å². The number of carbonyl (C=O) groups is 2. The molecule has 4 nitrogen and oxygen atoms in total. The van der Waals surface area contributed by atoms with Gasteiger partial charge in [0.25, 0.3) is 0 Å². The van der Waals surface area contributed by atoms with E-state index in [1.54, 1.807) is 13.0 Å². The first-order valence-electron chi connectivity index (χ1n) is 5.41. The summed E-state index contributed by atoms with van der Waals surface area (Å²) in [5.74, 6) is -2.05. The van der Waals surface area contributed by atoms with Crippen molar-refractivity contribution >= 4 is 23.1 Å². The number of thiazole rings is 1. The van der Waals surface area contributed by atoms with Crippen LogP contribution in [0.5, 0.6) is 0 Å². The van der Waals surface area contributed by atoms with Crippen LogP contribution in [0.15, 0.2) is 18.2 Å². The average molecular weight is 279 g/mol. The number of hydrogen-bond donors (Lipinski definition) is 1. The molecule has 1 aromatic heterocycles. The first kappa shape index (κ1) is 13.4. The third kappa shape index (κ3) is 2.68. The van der Waals surface area contributed by atoms with Gasteiger partial charge < -0.3 is 5.11 Å². The molecule has 2 aromatic rings. The summed E-state index contributed by atoms with van der Waals surface area (Å²) in [5, 5.41) is 9.33. The summed E-state index contributed by atoms with van der Waals surface area (Å²) in [6.07, 6.45) is 0. The van der Waals surface area contributed by atoms with Gasteiger partial charge in [0.2, 0.25) is 0 Å². The summed E-state index contributed by atoms with van der Waals surface area (Å²) >= 11 is 0.958. The monoisotopic (exact) mass is 279 g/mol. The van der Waals surface area contributed by atoms with E-state index < -0.39 is 11.8 Å². The minimum absolute atomic E-state index is 0.0735. The second-order valence-electron chi connectivity index (χ2n) is 4.08.